The number of benzene rings is 1. The number of ketones is 1. The molecule has 0 unspecified atom stereocenters. The van der Waals surface area contributed by atoms with Gasteiger partial charge in [0.15, 0.2) is 0 Å². The Morgan fingerprint density at radius 2 is 1.58 bits per heavy atom. The normalized spacial score (nSPS) is 11.0. The minimum atomic E-state index is -1.70. The molecule has 0 bridgehead atoms. The van der Waals surface area contributed by atoms with Crippen LogP contribution in [0.2, 0.25) is 0 Å². The number of rotatable bonds is 5. The Bertz CT molecular complexity index is 796. The Morgan fingerprint density at radius 1 is 1.08 bits per heavy atom. The van der Waals surface area contributed by atoms with Crippen LogP contribution in [0.1, 0.15) is 19.4 Å². The summed E-state index contributed by atoms with van der Waals surface area (Å²) in [6.07, 6.45) is 5.40. The summed E-state index contributed by atoms with van der Waals surface area (Å²) in [4.78, 5) is 17.0. The van der Waals surface area contributed by atoms with Crippen LogP contribution in [0, 0.1) is 11.6 Å². The Kier molecular flexibility index (Phi) is 6.23. The fourth-order valence-corrected chi connectivity index (χ4v) is 2.25. The van der Waals surface area contributed by atoms with Crippen molar-refractivity contribution in [3.63, 3.8) is 0 Å². The second-order valence-corrected chi connectivity index (χ2v) is 5.75. The zero-order chi connectivity index (χ0) is 19.2. The molecule has 0 atom stereocenters. The Morgan fingerprint density at radius 3 is 1.96 bits per heavy atom. The fraction of sp³-hybridized carbons (Fsp3) is 0.312. The lowest BCUT2D eigenvalue weighted by Crippen LogP contribution is -2.37. The van der Waals surface area contributed by atoms with Gasteiger partial charge in [0.25, 0.3) is 0 Å². The second-order valence-electron chi connectivity index (χ2n) is 5.75. The second kappa shape index (κ2) is 8.39. The first-order valence-electron chi connectivity index (χ1n) is 7.60. The van der Waals surface area contributed by atoms with E-state index >= 15 is 0 Å². The molecule has 1 aromatic carbocycles. The van der Waals surface area contributed by atoms with E-state index in [4.69, 9.17) is 0 Å². The molecule has 0 aliphatic heterocycles. The molecular formula is C16H18F2N6O2. The summed E-state index contributed by atoms with van der Waals surface area (Å²) in [7, 11) is 0. The molecule has 0 aliphatic carbocycles. The number of Topliss-reactive ketones (excluding diaryl/α,β-unsaturated/α-hetero) is 1. The third-order valence-corrected chi connectivity index (χ3v) is 3.21. The van der Waals surface area contributed by atoms with Crippen molar-refractivity contribution >= 4 is 5.78 Å². The Hall–Kier alpha value is -3.01. The molecule has 138 valence electrons. The third kappa shape index (κ3) is 5.24. The number of aromatic nitrogens is 6. The average Bonchev–Trinajstić information content (AvgIpc) is 3.20. The lowest BCUT2D eigenvalue weighted by atomic mass is 9.93. The van der Waals surface area contributed by atoms with Crippen molar-refractivity contribution in [3.05, 3.63) is 60.7 Å². The molecule has 0 radical (unpaired) electrons. The third-order valence-electron chi connectivity index (χ3n) is 3.21. The molecule has 0 saturated carbocycles. The molecule has 0 amide bonds. The standard InChI is InChI=1S/C13H12F2N6O.C3H6O/c14-10-1-2-11(12(15)3-10)13(22,4-20-8-16-6-18-20)5-21-9-17-7-19-21;1-3(2)4/h1-3,6-9,22H,4-5H2;1-2H3. The van der Waals surface area contributed by atoms with E-state index in [-0.39, 0.29) is 24.4 Å². The zero-order valence-corrected chi connectivity index (χ0v) is 14.3. The predicted octanol–water partition coefficient (Wildman–Crippen LogP) is 1.33. The van der Waals surface area contributed by atoms with Crippen LogP contribution in [0.25, 0.3) is 0 Å². The molecule has 2 heterocycles. The first-order chi connectivity index (χ1) is 12.3. The van der Waals surface area contributed by atoms with Crippen LogP contribution in [0.5, 0.6) is 0 Å². The maximum absolute atomic E-state index is 14.1. The van der Waals surface area contributed by atoms with Gasteiger partial charge in [-0.05, 0) is 19.9 Å². The topological polar surface area (TPSA) is 98.7 Å². The van der Waals surface area contributed by atoms with Crippen molar-refractivity contribution in [2.24, 2.45) is 0 Å². The van der Waals surface area contributed by atoms with E-state index in [1.54, 1.807) is 0 Å². The fourth-order valence-electron chi connectivity index (χ4n) is 2.25. The van der Waals surface area contributed by atoms with E-state index in [0.29, 0.717) is 0 Å². The van der Waals surface area contributed by atoms with Crippen LogP contribution in [0.4, 0.5) is 8.78 Å². The molecule has 3 rings (SSSR count). The van der Waals surface area contributed by atoms with Crippen molar-refractivity contribution in [1.29, 1.82) is 0 Å². The van der Waals surface area contributed by atoms with Gasteiger partial charge in [0.2, 0.25) is 0 Å². The predicted molar refractivity (Wildman–Crippen MR) is 86.7 cm³/mol. The quantitative estimate of drug-likeness (QED) is 0.733. The smallest absolute Gasteiger partial charge is 0.137 e. The molecule has 2 aromatic heterocycles. The molecule has 0 aliphatic rings. The molecular weight excluding hydrogens is 346 g/mol. The summed E-state index contributed by atoms with van der Waals surface area (Å²) in [6, 6.07) is 3.02. The zero-order valence-electron chi connectivity index (χ0n) is 14.3. The highest BCUT2D eigenvalue weighted by Gasteiger charge is 2.34. The van der Waals surface area contributed by atoms with E-state index in [9.17, 15) is 18.7 Å². The lowest BCUT2D eigenvalue weighted by molar-refractivity contribution is -0.115. The molecule has 0 spiro atoms. The van der Waals surface area contributed by atoms with Gasteiger partial charge < -0.3 is 9.90 Å². The van der Waals surface area contributed by atoms with Gasteiger partial charge in [0, 0.05) is 11.6 Å². The van der Waals surface area contributed by atoms with Crippen LogP contribution >= 0.6 is 0 Å². The van der Waals surface area contributed by atoms with Crippen LogP contribution in [-0.4, -0.2) is 40.4 Å². The van der Waals surface area contributed by atoms with Crippen molar-refractivity contribution in [2.45, 2.75) is 32.5 Å². The summed E-state index contributed by atoms with van der Waals surface area (Å²) >= 11 is 0. The van der Waals surface area contributed by atoms with Crippen LogP contribution < -0.4 is 0 Å². The number of carbonyl (C=O) groups is 1. The van der Waals surface area contributed by atoms with Crippen molar-refractivity contribution in [2.75, 3.05) is 0 Å². The highest BCUT2D eigenvalue weighted by molar-refractivity contribution is 5.72. The van der Waals surface area contributed by atoms with Crippen molar-refractivity contribution in [3.8, 4) is 0 Å². The van der Waals surface area contributed by atoms with E-state index in [1.807, 2.05) is 0 Å². The molecule has 3 aromatic rings. The molecule has 0 saturated heterocycles. The molecule has 10 heteroatoms. The monoisotopic (exact) mass is 364 g/mol. The van der Waals surface area contributed by atoms with Gasteiger partial charge in [-0.3, -0.25) is 0 Å². The largest absolute Gasteiger partial charge is 0.381 e. The number of hydrogen-bond acceptors (Lipinski definition) is 6. The van der Waals surface area contributed by atoms with E-state index < -0.39 is 17.2 Å². The SMILES string of the molecule is CC(C)=O.OC(Cn1cncn1)(Cn1cncn1)c1ccc(F)cc1F. The van der Waals surface area contributed by atoms with E-state index in [1.165, 1.54) is 54.6 Å². The van der Waals surface area contributed by atoms with Gasteiger partial charge >= 0.3 is 0 Å². The maximum Gasteiger partial charge on any atom is 0.137 e. The molecule has 8 nitrogen and oxygen atoms in total. The molecule has 0 fully saturated rings. The van der Waals surface area contributed by atoms with Crippen LogP contribution in [0.3, 0.4) is 0 Å². The number of aliphatic hydroxyl groups is 1. The maximum atomic E-state index is 14.1. The van der Waals surface area contributed by atoms with Gasteiger partial charge in [-0.15, -0.1) is 0 Å². The summed E-state index contributed by atoms with van der Waals surface area (Å²) in [5.74, 6) is -1.40. The minimum Gasteiger partial charge on any atom is -0.381 e. The Labute approximate surface area is 148 Å². The van der Waals surface area contributed by atoms with Crippen LogP contribution in [0.15, 0.2) is 43.5 Å². The van der Waals surface area contributed by atoms with Gasteiger partial charge in [-0.25, -0.2) is 28.1 Å². The van der Waals surface area contributed by atoms with Gasteiger partial charge in [0.05, 0.1) is 13.1 Å². The number of hydrogen-bond donors (Lipinski definition) is 1. The van der Waals surface area contributed by atoms with Crippen LogP contribution in [-0.2, 0) is 23.5 Å². The van der Waals surface area contributed by atoms with Crippen molar-refractivity contribution < 1.29 is 18.7 Å². The first kappa shape index (κ1) is 19.3. The number of nitrogens with zero attached hydrogens (tertiary/aromatic N) is 6. The lowest BCUT2D eigenvalue weighted by Gasteiger charge is -2.28. The number of carbonyl (C=O) groups excluding carboxylic acids is 1. The molecule has 26 heavy (non-hydrogen) atoms. The van der Waals surface area contributed by atoms with E-state index in [2.05, 4.69) is 20.2 Å². The van der Waals surface area contributed by atoms with E-state index in [0.717, 1.165) is 12.1 Å². The van der Waals surface area contributed by atoms with Gasteiger partial charge in [0.1, 0.15) is 48.3 Å². The molecule has 1 N–H and O–H groups in total. The van der Waals surface area contributed by atoms with Gasteiger partial charge in [-0.2, -0.15) is 10.2 Å². The summed E-state index contributed by atoms with van der Waals surface area (Å²) in [5, 5.41) is 18.8. The van der Waals surface area contributed by atoms with Gasteiger partial charge in [-0.1, -0.05) is 6.07 Å². The summed E-state index contributed by atoms with van der Waals surface area (Å²) in [5.41, 5.74) is -1.75. The summed E-state index contributed by atoms with van der Waals surface area (Å²) in [6.45, 7) is 2.91. The Balaban J connectivity index is 0.000000552. The van der Waals surface area contributed by atoms with Crippen molar-refractivity contribution in [1.82, 2.24) is 29.5 Å². The highest BCUT2D eigenvalue weighted by Crippen LogP contribution is 2.28. The summed E-state index contributed by atoms with van der Waals surface area (Å²) < 4.78 is 29.9. The average molecular weight is 364 g/mol. The highest BCUT2D eigenvalue weighted by atomic mass is 19.1. The minimum absolute atomic E-state index is 0.0556. The number of halogens is 2. The first-order valence-corrected chi connectivity index (χ1v) is 7.60.